The molecule has 2 aliphatic heterocycles. The molecule has 2 heterocycles. The molecular formula is C25H30F3N5O. The lowest BCUT2D eigenvalue weighted by Crippen LogP contribution is -2.58. The van der Waals surface area contributed by atoms with Crippen LogP contribution in [0.2, 0.25) is 0 Å². The molecule has 1 unspecified atom stereocenters. The summed E-state index contributed by atoms with van der Waals surface area (Å²) in [6, 6.07) is 12.7. The highest BCUT2D eigenvalue weighted by atomic mass is 19.4. The van der Waals surface area contributed by atoms with Crippen molar-refractivity contribution in [2.75, 3.05) is 31.1 Å². The number of nitrogens with two attached hydrogens (primary N) is 1. The molecule has 34 heavy (non-hydrogen) atoms. The summed E-state index contributed by atoms with van der Waals surface area (Å²) < 4.78 is 38.4. The second-order valence-corrected chi connectivity index (χ2v) is 9.32. The van der Waals surface area contributed by atoms with Crippen LogP contribution in [0.4, 0.5) is 23.7 Å². The molecule has 182 valence electrons. The molecule has 0 aliphatic carbocycles. The van der Waals surface area contributed by atoms with E-state index in [4.69, 9.17) is 11.1 Å². The third-order valence-electron chi connectivity index (χ3n) is 6.63. The highest BCUT2D eigenvalue weighted by Gasteiger charge is 2.36. The van der Waals surface area contributed by atoms with Crippen molar-refractivity contribution in [2.24, 2.45) is 11.7 Å². The van der Waals surface area contributed by atoms with Gasteiger partial charge in [0.05, 0.1) is 5.56 Å². The number of carbonyl (C=O) groups excluding carboxylic acids is 1. The molecule has 0 aromatic heterocycles. The third kappa shape index (κ3) is 5.35. The lowest BCUT2D eigenvalue weighted by molar-refractivity contribution is -0.137. The molecule has 2 aromatic rings. The standard InChI is InChI=1S/C25H30F3N5O/c1-17-14-32(24(34)33(15-17)22-4-2-3-19(13-22)23(29)30)21-9-11-31(12-10-21)16-18-5-7-20(8-6-18)25(26,27)28/h2-8,13,17,21H,9-12,14-16H2,1H3,(H3,29,30). The highest BCUT2D eigenvalue weighted by Crippen LogP contribution is 2.30. The Hall–Kier alpha value is -3.07. The van der Waals surface area contributed by atoms with E-state index < -0.39 is 11.7 Å². The molecule has 2 aliphatic rings. The molecule has 2 amide bonds. The number of alkyl halides is 3. The fourth-order valence-electron chi connectivity index (χ4n) is 4.83. The Labute approximate surface area is 197 Å². The molecule has 4 rings (SSSR count). The Morgan fingerprint density at radius 3 is 2.38 bits per heavy atom. The van der Waals surface area contributed by atoms with Crippen LogP contribution in [0.5, 0.6) is 0 Å². The molecule has 2 aromatic carbocycles. The number of likely N-dealkylation sites (tertiary alicyclic amines) is 1. The van der Waals surface area contributed by atoms with Crippen LogP contribution in [0.25, 0.3) is 0 Å². The number of benzene rings is 2. The van der Waals surface area contributed by atoms with Crippen molar-refractivity contribution in [3.8, 4) is 0 Å². The number of anilines is 1. The number of hydrogen-bond acceptors (Lipinski definition) is 3. The largest absolute Gasteiger partial charge is 0.416 e. The van der Waals surface area contributed by atoms with Crippen LogP contribution >= 0.6 is 0 Å². The molecule has 2 fully saturated rings. The number of rotatable bonds is 5. The van der Waals surface area contributed by atoms with E-state index in [1.807, 2.05) is 17.0 Å². The molecule has 9 heteroatoms. The number of urea groups is 1. The van der Waals surface area contributed by atoms with Crippen LogP contribution in [0.1, 0.15) is 36.5 Å². The van der Waals surface area contributed by atoms with Crippen molar-refractivity contribution in [3.63, 3.8) is 0 Å². The van der Waals surface area contributed by atoms with Gasteiger partial charge in [-0.05, 0) is 48.6 Å². The topological polar surface area (TPSA) is 76.7 Å². The molecule has 0 spiro atoms. The average molecular weight is 474 g/mol. The number of nitrogen functional groups attached to an aromatic ring is 1. The van der Waals surface area contributed by atoms with Gasteiger partial charge in [0, 0.05) is 50.0 Å². The van der Waals surface area contributed by atoms with Crippen molar-refractivity contribution in [1.82, 2.24) is 9.80 Å². The van der Waals surface area contributed by atoms with Gasteiger partial charge in [-0.3, -0.25) is 15.2 Å². The van der Waals surface area contributed by atoms with E-state index in [-0.39, 0.29) is 17.9 Å². The number of carbonyl (C=O) groups is 1. The summed E-state index contributed by atoms with van der Waals surface area (Å²) in [5.74, 6) is 0.264. The van der Waals surface area contributed by atoms with Gasteiger partial charge < -0.3 is 10.6 Å². The Morgan fingerprint density at radius 1 is 1.09 bits per heavy atom. The number of piperidine rings is 1. The Balaban J connectivity index is 1.38. The van der Waals surface area contributed by atoms with Crippen molar-refractivity contribution in [2.45, 2.75) is 38.5 Å². The predicted molar refractivity (Wildman–Crippen MR) is 126 cm³/mol. The number of hydrogen-bond donors (Lipinski definition) is 2. The molecule has 0 bridgehead atoms. The minimum Gasteiger partial charge on any atom is -0.384 e. The van der Waals surface area contributed by atoms with Crippen molar-refractivity contribution >= 4 is 17.6 Å². The summed E-state index contributed by atoms with van der Waals surface area (Å²) in [5.41, 5.74) is 7.18. The zero-order chi connectivity index (χ0) is 24.5. The molecule has 2 saturated heterocycles. The maximum atomic E-state index is 13.4. The van der Waals surface area contributed by atoms with E-state index in [2.05, 4.69) is 11.8 Å². The van der Waals surface area contributed by atoms with Crippen molar-refractivity contribution in [1.29, 1.82) is 5.41 Å². The van der Waals surface area contributed by atoms with Gasteiger partial charge in [0.25, 0.3) is 0 Å². The van der Waals surface area contributed by atoms with Crippen LogP contribution in [0.15, 0.2) is 48.5 Å². The summed E-state index contributed by atoms with van der Waals surface area (Å²) in [5, 5.41) is 7.68. The number of halogens is 3. The van der Waals surface area contributed by atoms with Gasteiger partial charge in [0.2, 0.25) is 0 Å². The zero-order valence-electron chi connectivity index (χ0n) is 19.2. The van der Waals surface area contributed by atoms with E-state index in [0.717, 1.165) is 49.3 Å². The van der Waals surface area contributed by atoms with E-state index in [0.29, 0.717) is 31.1 Å². The van der Waals surface area contributed by atoms with Gasteiger partial charge in [0.15, 0.2) is 0 Å². The third-order valence-corrected chi connectivity index (χ3v) is 6.63. The van der Waals surface area contributed by atoms with Gasteiger partial charge in [-0.2, -0.15) is 13.2 Å². The van der Waals surface area contributed by atoms with Gasteiger partial charge in [-0.25, -0.2) is 4.79 Å². The zero-order valence-corrected chi connectivity index (χ0v) is 19.2. The minimum absolute atomic E-state index is 0.0278. The number of amides is 2. The van der Waals surface area contributed by atoms with Gasteiger partial charge in [-0.15, -0.1) is 0 Å². The SMILES string of the molecule is CC1CN(c2cccc(C(=N)N)c2)C(=O)N(C2CCN(Cc3ccc(C(F)(F)F)cc3)CC2)C1. The van der Waals surface area contributed by atoms with Crippen LogP contribution in [0, 0.1) is 11.3 Å². The Kier molecular flexibility index (Phi) is 6.84. The highest BCUT2D eigenvalue weighted by molar-refractivity contribution is 5.98. The lowest BCUT2D eigenvalue weighted by Gasteiger charge is -2.45. The molecule has 0 saturated carbocycles. The summed E-state index contributed by atoms with van der Waals surface area (Å²) in [6.45, 7) is 5.60. The minimum atomic E-state index is -4.32. The molecule has 0 radical (unpaired) electrons. The normalized spacial score (nSPS) is 20.6. The van der Waals surface area contributed by atoms with E-state index in [1.54, 1.807) is 17.0 Å². The lowest BCUT2D eigenvalue weighted by atomic mass is 9.98. The second-order valence-electron chi connectivity index (χ2n) is 9.32. The first kappa shape index (κ1) is 24.1. The maximum absolute atomic E-state index is 13.4. The first-order valence-electron chi connectivity index (χ1n) is 11.5. The molecule has 3 N–H and O–H groups in total. The number of nitrogens with one attached hydrogen (secondary N) is 1. The fourth-order valence-corrected chi connectivity index (χ4v) is 4.83. The van der Waals surface area contributed by atoms with E-state index in [1.165, 1.54) is 12.1 Å². The molecule has 6 nitrogen and oxygen atoms in total. The van der Waals surface area contributed by atoms with E-state index >= 15 is 0 Å². The van der Waals surface area contributed by atoms with Gasteiger partial charge in [-0.1, -0.05) is 31.2 Å². The van der Waals surface area contributed by atoms with E-state index in [9.17, 15) is 18.0 Å². The van der Waals surface area contributed by atoms with Crippen LogP contribution in [-0.4, -0.2) is 53.9 Å². The van der Waals surface area contributed by atoms with Crippen molar-refractivity contribution in [3.05, 3.63) is 65.2 Å². The first-order chi connectivity index (χ1) is 16.1. The summed E-state index contributed by atoms with van der Waals surface area (Å²) >= 11 is 0. The molecule has 1 atom stereocenters. The second kappa shape index (κ2) is 9.66. The summed E-state index contributed by atoms with van der Waals surface area (Å²) in [7, 11) is 0. The quantitative estimate of drug-likeness (QED) is 0.495. The molecular weight excluding hydrogens is 443 g/mol. The first-order valence-corrected chi connectivity index (χ1v) is 11.5. The van der Waals surface area contributed by atoms with Gasteiger partial charge in [0.1, 0.15) is 5.84 Å². The van der Waals surface area contributed by atoms with Crippen LogP contribution in [-0.2, 0) is 12.7 Å². The number of nitrogens with zero attached hydrogens (tertiary/aromatic N) is 3. The predicted octanol–water partition coefficient (Wildman–Crippen LogP) is 4.53. The summed E-state index contributed by atoms with van der Waals surface area (Å²) in [4.78, 5) is 19.4. The average Bonchev–Trinajstić information content (AvgIpc) is 2.81. The van der Waals surface area contributed by atoms with Crippen molar-refractivity contribution < 1.29 is 18.0 Å². The summed E-state index contributed by atoms with van der Waals surface area (Å²) in [6.07, 6.45) is -2.68. The Bertz CT molecular complexity index is 1030. The number of amidine groups is 1. The fraction of sp³-hybridized carbons (Fsp3) is 0.440. The smallest absolute Gasteiger partial charge is 0.384 e. The monoisotopic (exact) mass is 473 g/mol. The van der Waals surface area contributed by atoms with Crippen LogP contribution in [0.3, 0.4) is 0 Å². The van der Waals surface area contributed by atoms with Crippen LogP contribution < -0.4 is 10.6 Å². The van der Waals surface area contributed by atoms with Gasteiger partial charge >= 0.3 is 12.2 Å². The maximum Gasteiger partial charge on any atom is 0.416 e. The Morgan fingerprint density at radius 2 is 1.76 bits per heavy atom.